The third-order valence-corrected chi connectivity index (χ3v) is 0.807. The van der Waals surface area contributed by atoms with Gasteiger partial charge in [-0.3, -0.25) is 0 Å². The van der Waals surface area contributed by atoms with Gasteiger partial charge in [0.2, 0.25) is 10.6 Å². The number of halogens is 2. The van der Waals surface area contributed by atoms with Crippen molar-refractivity contribution in [1.82, 2.24) is 15.0 Å². The Morgan fingerprint density at radius 2 is 1.88 bits per heavy atom. The Morgan fingerprint density at radius 1 is 1.38 bits per heavy atom. The molecule has 0 N–H and O–H groups in total. The van der Waals surface area contributed by atoms with Crippen molar-refractivity contribution >= 4 is 23.2 Å². The monoisotopic (exact) mass is 150 g/mol. The maximum Gasteiger partial charge on any atom is 0.226 e. The van der Waals surface area contributed by atoms with Gasteiger partial charge in [0.25, 0.3) is 0 Å². The van der Waals surface area contributed by atoms with Crippen molar-refractivity contribution in [1.29, 1.82) is 0 Å². The van der Waals surface area contributed by atoms with E-state index in [2.05, 4.69) is 15.0 Å². The molecule has 0 aliphatic carbocycles. The summed E-state index contributed by atoms with van der Waals surface area (Å²) in [6.45, 7) is 0. The third-order valence-electron chi connectivity index (χ3n) is 0.469. The molecule has 0 bridgehead atoms. The molecule has 0 spiro atoms. The molecule has 1 aromatic heterocycles. The molecule has 0 amide bonds. The van der Waals surface area contributed by atoms with Crippen LogP contribution in [0.1, 0.15) is 1.37 Å². The molecular formula is C3HCl2N3. The lowest BCUT2D eigenvalue weighted by molar-refractivity contribution is 1.05. The SMILES string of the molecule is [2H]c1nc(Cl)nc(Cl)n1. The molecule has 1 aromatic rings. The van der Waals surface area contributed by atoms with Crippen molar-refractivity contribution in [3.05, 3.63) is 16.9 Å². The van der Waals surface area contributed by atoms with Crippen molar-refractivity contribution in [2.24, 2.45) is 0 Å². The fourth-order valence-electron chi connectivity index (χ4n) is 0.234. The molecule has 0 aromatic carbocycles. The van der Waals surface area contributed by atoms with Gasteiger partial charge in [-0.1, -0.05) is 0 Å². The molecule has 0 aliphatic heterocycles. The van der Waals surface area contributed by atoms with E-state index in [1.54, 1.807) is 0 Å². The minimum absolute atomic E-state index is 0.0556. The van der Waals surface area contributed by atoms with Gasteiger partial charge in [-0.25, -0.2) is 9.97 Å². The molecule has 0 saturated carbocycles. The van der Waals surface area contributed by atoms with E-state index in [0.29, 0.717) is 0 Å². The minimum Gasteiger partial charge on any atom is -0.206 e. The Kier molecular flexibility index (Phi) is 1.25. The van der Waals surface area contributed by atoms with Crippen LogP contribution < -0.4 is 0 Å². The highest BCUT2D eigenvalue weighted by Gasteiger charge is 1.89. The molecule has 42 valence electrons. The van der Waals surface area contributed by atoms with E-state index in [1.165, 1.54) is 0 Å². The Balaban J connectivity index is 3.17. The van der Waals surface area contributed by atoms with Gasteiger partial charge in [0, 0.05) is 0 Å². The van der Waals surface area contributed by atoms with Crippen LogP contribution in [0.3, 0.4) is 0 Å². The molecule has 8 heavy (non-hydrogen) atoms. The molecule has 1 rings (SSSR count). The second-order valence-electron chi connectivity index (χ2n) is 0.973. The molecule has 0 fully saturated rings. The normalized spacial score (nSPS) is 11.0. The van der Waals surface area contributed by atoms with Crippen LogP contribution in [0.5, 0.6) is 0 Å². The highest BCUT2D eigenvalue weighted by molar-refractivity contribution is 6.30. The van der Waals surface area contributed by atoms with Crippen LogP contribution in [0, 0.1) is 0 Å². The van der Waals surface area contributed by atoms with Gasteiger partial charge in [0.1, 0.15) is 7.67 Å². The lowest BCUT2D eigenvalue weighted by Gasteiger charge is -1.84. The molecular weight excluding hydrogens is 149 g/mol. The molecule has 0 atom stereocenters. The molecule has 1 heterocycles. The molecule has 0 aliphatic rings. The summed E-state index contributed by atoms with van der Waals surface area (Å²) in [7, 11) is 0. The zero-order valence-corrected chi connectivity index (χ0v) is 5.11. The summed E-state index contributed by atoms with van der Waals surface area (Å²) in [6.07, 6.45) is -0.222. The van der Waals surface area contributed by atoms with Gasteiger partial charge in [0.15, 0.2) is 0 Å². The Bertz CT molecular complexity index is 178. The third kappa shape index (κ3) is 1.28. The van der Waals surface area contributed by atoms with Crippen LogP contribution in [0.25, 0.3) is 0 Å². The van der Waals surface area contributed by atoms with Crippen molar-refractivity contribution in [2.45, 2.75) is 0 Å². The Labute approximate surface area is 57.1 Å². The first-order valence-electron chi connectivity index (χ1n) is 2.22. The summed E-state index contributed by atoms with van der Waals surface area (Å²) >= 11 is 10.6. The maximum atomic E-state index is 6.85. The maximum absolute atomic E-state index is 6.85. The van der Waals surface area contributed by atoms with Gasteiger partial charge in [-0.15, -0.1) is 0 Å². The quantitative estimate of drug-likeness (QED) is 0.558. The molecule has 3 nitrogen and oxygen atoms in total. The van der Waals surface area contributed by atoms with E-state index in [1.807, 2.05) is 0 Å². The summed E-state index contributed by atoms with van der Waals surface area (Å²) in [4.78, 5) is 10.1. The van der Waals surface area contributed by atoms with Crippen LogP contribution in [0.2, 0.25) is 10.6 Å². The van der Waals surface area contributed by atoms with Crippen molar-refractivity contribution in [2.75, 3.05) is 0 Å². The van der Waals surface area contributed by atoms with Gasteiger partial charge < -0.3 is 0 Å². The average Bonchev–Trinajstić information content (AvgIpc) is 1.59. The zero-order chi connectivity index (χ0) is 6.85. The van der Waals surface area contributed by atoms with Gasteiger partial charge in [-0.05, 0) is 23.2 Å². The first kappa shape index (κ1) is 4.47. The van der Waals surface area contributed by atoms with E-state index in [4.69, 9.17) is 24.6 Å². The van der Waals surface area contributed by atoms with E-state index >= 15 is 0 Å². The molecule has 0 unspecified atom stereocenters. The summed E-state index contributed by atoms with van der Waals surface area (Å²) in [5.74, 6) is 0. The lowest BCUT2D eigenvalue weighted by atomic mass is 11.1. The summed E-state index contributed by atoms with van der Waals surface area (Å²) in [6, 6.07) is 0. The second kappa shape index (κ2) is 2.24. The minimum atomic E-state index is -0.222. The summed E-state index contributed by atoms with van der Waals surface area (Å²) in [5.41, 5.74) is 0. The topological polar surface area (TPSA) is 38.7 Å². The van der Waals surface area contributed by atoms with Crippen molar-refractivity contribution in [3.8, 4) is 0 Å². The van der Waals surface area contributed by atoms with Crippen LogP contribution in [-0.4, -0.2) is 15.0 Å². The number of aromatic nitrogens is 3. The van der Waals surface area contributed by atoms with Crippen molar-refractivity contribution in [3.63, 3.8) is 0 Å². The fraction of sp³-hybridized carbons (Fsp3) is 0. The van der Waals surface area contributed by atoms with Crippen LogP contribution in [0.4, 0.5) is 0 Å². The number of hydrogen-bond acceptors (Lipinski definition) is 3. The molecule has 0 radical (unpaired) electrons. The van der Waals surface area contributed by atoms with E-state index in [-0.39, 0.29) is 16.9 Å². The van der Waals surface area contributed by atoms with Crippen molar-refractivity contribution < 1.29 is 1.37 Å². The second-order valence-corrected chi connectivity index (χ2v) is 1.65. The number of hydrogen-bond donors (Lipinski definition) is 0. The van der Waals surface area contributed by atoms with E-state index in [9.17, 15) is 0 Å². The largest absolute Gasteiger partial charge is 0.226 e. The van der Waals surface area contributed by atoms with E-state index < -0.39 is 0 Å². The van der Waals surface area contributed by atoms with Gasteiger partial charge in [0.05, 0.1) is 0 Å². The highest BCUT2D eigenvalue weighted by Crippen LogP contribution is 2.00. The molecule has 0 saturated heterocycles. The van der Waals surface area contributed by atoms with E-state index in [0.717, 1.165) is 0 Å². The zero-order valence-electron chi connectivity index (χ0n) is 4.60. The Morgan fingerprint density at radius 3 is 2.25 bits per heavy atom. The van der Waals surface area contributed by atoms with Crippen LogP contribution in [0.15, 0.2) is 6.30 Å². The lowest BCUT2D eigenvalue weighted by Crippen LogP contribution is -1.83. The predicted molar refractivity (Wildman–Crippen MR) is 29.8 cm³/mol. The van der Waals surface area contributed by atoms with Crippen LogP contribution in [-0.2, 0) is 0 Å². The number of rotatable bonds is 0. The van der Waals surface area contributed by atoms with Crippen LogP contribution >= 0.6 is 23.2 Å². The Hall–Kier alpha value is -0.410. The first-order valence-corrected chi connectivity index (χ1v) is 2.48. The number of nitrogens with zero attached hydrogens (tertiary/aromatic N) is 3. The summed E-state index contributed by atoms with van der Waals surface area (Å²) < 4.78 is 6.85. The average molecular weight is 151 g/mol. The van der Waals surface area contributed by atoms with Gasteiger partial charge in [-0.2, -0.15) is 4.98 Å². The molecule has 5 heteroatoms. The fourth-order valence-corrected chi connectivity index (χ4v) is 0.513. The van der Waals surface area contributed by atoms with Gasteiger partial charge >= 0.3 is 0 Å². The smallest absolute Gasteiger partial charge is 0.206 e. The first-order chi connectivity index (χ1) is 4.18. The predicted octanol–water partition coefficient (Wildman–Crippen LogP) is 1.18. The highest BCUT2D eigenvalue weighted by atomic mass is 35.5. The standard InChI is InChI=1S/C3HCl2N3/c4-2-6-1-7-3(5)8-2/h1H/i1D. The summed E-state index contributed by atoms with van der Waals surface area (Å²) in [5, 5.41) is -0.111.